The van der Waals surface area contributed by atoms with Crippen LogP contribution in [0.5, 0.6) is 0 Å². The van der Waals surface area contributed by atoms with Crippen LogP contribution in [0.15, 0.2) is 24.3 Å². The van der Waals surface area contributed by atoms with E-state index < -0.39 is 0 Å². The van der Waals surface area contributed by atoms with Gasteiger partial charge in [0.05, 0.1) is 0 Å². The van der Waals surface area contributed by atoms with Crippen molar-refractivity contribution in [2.24, 2.45) is 0 Å². The molecule has 0 unspecified atom stereocenters. The molecule has 98 valence electrons. The molecule has 0 saturated heterocycles. The summed E-state index contributed by atoms with van der Waals surface area (Å²) >= 11 is 5.52. The van der Waals surface area contributed by atoms with Crippen molar-refractivity contribution in [2.45, 2.75) is 19.4 Å². The third-order valence-electron chi connectivity index (χ3n) is 3.26. The SMILES string of the molecule is C[C@H]1Cc2ccccc2N1C(=S)NCCN(C)C. The molecule has 0 aliphatic carbocycles. The summed E-state index contributed by atoms with van der Waals surface area (Å²) in [4.78, 5) is 4.39. The van der Waals surface area contributed by atoms with Crippen molar-refractivity contribution in [3.63, 3.8) is 0 Å². The second-order valence-corrected chi connectivity index (χ2v) is 5.47. The zero-order valence-electron chi connectivity index (χ0n) is 11.3. The molecule has 1 aromatic carbocycles. The predicted molar refractivity (Wildman–Crippen MR) is 81.2 cm³/mol. The second kappa shape index (κ2) is 5.67. The molecule has 0 amide bonds. The van der Waals surface area contributed by atoms with Crippen LogP contribution in [0.25, 0.3) is 0 Å². The largest absolute Gasteiger partial charge is 0.361 e. The Morgan fingerprint density at radius 2 is 2.17 bits per heavy atom. The van der Waals surface area contributed by atoms with E-state index in [2.05, 4.69) is 60.4 Å². The summed E-state index contributed by atoms with van der Waals surface area (Å²) < 4.78 is 0. The molecule has 0 aromatic heterocycles. The van der Waals surface area contributed by atoms with Crippen molar-refractivity contribution in [1.29, 1.82) is 0 Å². The zero-order valence-corrected chi connectivity index (χ0v) is 12.1. The number of para-hydroxylation sites is 1. The van der Waals surface area contributed by atoms with E-state index in [1.165, 1.54) is 11.3 Å². The molecule has 0 spiro atoms. The Morgan fingerprint density at radius 3 is 2.89 bits per heavy atom. The molecule has 2 rings (SSSR count). The number of fused-ring (bicyclic) bond motifs is 1. The standard InChI is InChI=1S/C14H21N3S/c1-11-10-12-6-4-5-7-13(12)17(11)14(18)15-8-9-16(2)3/h4-7,11H,8-10H2,1-3H3,(H,15,18)/t11-/m0/s1. The third kappa shape index (κ3) is 2.82. The molecule has 0 fully saturated rings. The molecule has 1 aromatic rings. The lowest BCUT2D eigenvalue weighted by Crippen LogP contribution is -2.44. The van der Waals surface area contributed by atoms with Crippen LogP contribution in [-0.4, -0.2) is 43.2 Å². The minimum absolute atomic E-state index is 0.446. The van der Waals surface area contributed by atoms with Gasteiger partial charge in [-0.2, -0.15) is 0 Å². The Kier molecular flexibility index (Phi) is 4.19. The molecular weight excluding hydrogens is 242 g/mol. The fourth-order valence-corrected chi connectivity index (χ4v) is 2.73. The number of nitrogens with zero attached hydrogens (tertiary/aromatic N) is 2. The van der Waals surface area contributed by atoms with Crippen LogP contribution < -0.4 is 10.2 Å². The Hall–Kier alpha value is -1.13. The molecule has 0 bridgehead atoms. The number of likely N-dealkylation sites (N-methyl/N-ethyl adjacent to an activating group) is 1. The molecular formula is C14H21N3S. The van der Waals surface area contributed by atoms with Crippen molar-refractivity contribution in [1.82, 2.24) is 10.2 Å². The summed E-state index contributed by atoms with van der Waals surface area (Å²) in [5.74, 6) is 0. The lowest BCUT2D eigenvalue weighted by molar-refractivity contribution is 0.412. The number of thiocarbonyl (C=S) groups is 1. The molecule has 1 heterocycles. The van der Waals surface area contributed by atoms with Gasteiger partial charge in [-0.05, 0) is 51.3 Å². The van der Waals surface area contributed by atoms with Gasteiger partial charge in [0, 0.05) is 24.8 Å². The van der Waals surface area contributed by atoms with Crippen LogP contribution in [0.2, 0.25) is 0 Å². The first-order valence-corrected chi connectivity index (χ1v) is 6.80. The monoisotopic (exact) mass is 263 g/mol. The van der Waals surface area contributed by atoms with E-state index >= 15 is 0 Å². The fraction of sp³-hybridized carbons (Fsp3) is 0.500. The van der Waals surface area contributed by atoms with E-state index in [1.807, 2.05) is 0 Å². The summed E-state index contributed by atoms with van der Waals surface area (Å²) in [6, 6.07) is 8.96. The van der Waals surface area contributed by atoms with Crippen LogP contribution in [-0.2, 0) is 6.42 Å². The number of benzene rings is 1. The number of rotatable bonds is 3. The maximum Gasteiger partial charge on any atom is 0.173 e. The van der Waals surface area contributed by atoms with Gasteiger partial charge in [-0.1, -0.05) is 18.2 Å². The highest BCUT2D eigenvalue weighted by Gasteiger charge is 2.28. The van der Waals surface area contributed by atoms with Gasteiger partial charge < -0.3 is 15.1 Å². The number of anilines is 1. The molecule has 18 heavy (non-hydrogen) atoms. The van der Waals surface area contributed by atoms with E-state index in [-0.39, 0.29) is 0 Å². The Bertz CT molecular complexity index is 431. The van der Waals surface area contributed by atoms with Gasteiger partial charge in [0.1, 0.15) is 0 Å². The van der Waals surface area contributed by atoms with Gasteiger partial charge in [-0.3, -0.25) is 0 Å². The van der Waals surface area contributed by atoms with Crippen molar-refractivity contribution in [2.75, 3.05) is 32.1 Å². The van der Waals surface area contributed by atoms with Gasteiger partial charge in [-0.25, -0.2) is 0 Å². The highest BCUT2D eigenvalue weighted by atomic mass is 32.1. The minimum atomic E-state index is 0.446. The molecule has 1 aliphatic heterocycles. The van der Waals surface area contributed by atoms with Gasteiger partial charge in [0.25, 0.3) is 0 Å². The highest BCUT2D eigenvalue weighted by Crippen LogP contribution is 2.31. The normalized spacial score (nSPS) is 18.0. The summed E-state index contributed by atoms with van der Waals surface area (Å²) in [6.07, 6.45) is 1.08. The Labute approximate surface area is 115 Å². The van der Waals surface area contributed by atoms with Crippen molar-refractivity contribution in [3.8, 4) is 0 Å². The first kappa shape index (κ1) is 13.3. The van der Waals surface area contributed by atoms with E-state index in [0.29, 0.717) is 6.04 Å². The molecule has 0 radical (unpaired) electrons. The molecule has 1 atom stereocenters. The van der Waals surface area contributed by atoms with Gasteiger partial charge in [0.2, 0.25) is 0 Å². The lowest BCUT2D eigenvalue weighted by atomic mass is 10.1. The first-order valence-electron chi connectivity index (χ1n) is 6.39. The number of hydrogen-bond donors (Lipinski definition) is 1. The van der Waals surface area contributed by atoms with Gasteiger partial charge in [-0.15, -0.1) is 0 Å². The van der Waals surface area contributed by atoms with Crippen LogP contribution in [0.3, 0.4) is 0 Å². The molecule has 0 saturated carbocycles. The van der Waals surface area contributed by atoms with Gasteiger partial charge >= 0.3 is 0 Å². The van der Waals surface area contributed by atoms with Crippen LogP contribution in [0, 0.1) is 0 Å². The smallest absolute Gasteiger partial charge is 0.173 e. The first-order chi connectivity index (χ1) is 8.59. The Balaban J connectivity index is 2.02. The van der Waals surface area contributed by atoms with Crippen molar-refractivity contribution in [3.05, 3.63) is 29.8 Å². The molecule has 1 aliphatic rings. The van der Waals surface area contributed by atoms with Crippen LogP contribution in [0.1, 0.15) is 12.5 Å². The quantitative estimate of drug-likeness (QED) is 0.839. The summed E-state index contributed by atoms with van der Waals surface area (Å²) in [5.41, 5.74) is 2.65. The number of nitrogens with one attached hydrogen (secondary N) is 1. The second-order valence-electron chi connectivity index (χ2n) is 5.09. The third-order valence-corrected chi connectivity index (χ3v) is 3.60. The van der Waals surface area contributed by atoms with Crippen LogP contribution >= 0.6 is 12.2 Å². The van der Waals surface area contributed by atoms with E-state index in [4.69, 9.17) is 12.2 Å². The van der Waals surface area contributed by atoms with Crippen molar-refractivity contribution < 1.29 is 0 Å². The maximum absolute atomic E-state index is 5.52. The number of hydrogen-bond acceptors (Lipinski definition) is 2. The summed E-state index contributed by atoms with van der Waals surface area (Å²) in [6.45, 7) is 4.10. The maximum atomic E-state index is 5.52. The van der Waals surface area contributed by atoms with E-state index in [9.17, 15) is 0 Å². The zero-order chi connectivity index (χ0) is 13.1. The topological polar surface area (TPSA) is 18.5 Å². The predicted octanol–water partition coefficient (Wildman–Crippen LogP) is 1.87. The minimum Gasteiger partial charge on any atom is -0.361 e. The average molecular weight is 263 g/mol. The molecule has 1 N–H and O–H groups in total. The van der Waals surface area contributed by atoms with Crippen LogP contribution in [0.4, 0.5) is 5.69 Å². The van der Waals surface area contributed by atoms with Gasteiger partial charge in [0.15, 0.2) is 5.11 Å². The van der Waals surface area contributed by atoms with Crippen molar-refractivity contribution >= 4 is 23.0 Å². The van der Waals surface area contributed by atoms with E-state index in [1.54, 1.807) is 0 Å². The lowest BCUT2D eigenvalue weighted by Gasteiger charge is -2.26. The fourth-order valence-electron chi connectivity index (χ4n) is 2.35. The summed E-state index contributed by atoms with van der Waals surface area (Å²) in [5, 5.41) is 4.18. The Morgan fingerprint density at radius 1 is 1.44 bits per heavy atom. The molecule has 4 heteroatoms. The highest BCUT2D eigenvalue weighted by molar-refractivity contribution is 7.80. The molecule has 3 nitrogen and oxygen atoms in total. The van der Waals surface area contributed by atoms with E-state index in [0.717, 1.165) is 24.6 Å². The summed E-state index contributed by atoms with van der Waals surface area (Å²) in [7, 11) is 4.14. The average Bonchev–Trinajstić information content (AvgIpc) is 2.64.